The number of halogens is 9. The number of piperidine rings is 1. The quantitative estimate of drug-likeness (QED) is 0.183. The molecule has 2 aliphatic heterocycles. The molecule has 0 bridgehead atoms. The first-order valence-corrected chi connectivity index (χ1v) is 14.7. The third-order valence-corrected chi connectivity index (χ3v) is 8.53. The maximum absolute atomic E-state index is 14.0. The summed E-state index contributed by atoms with van der Waals surface area (Å²) in [4.78, 5) is 26.2. The van der Waals surface area contributed by atoms with E-state index in [1.807, 2.05) is 0 Å². The molecule has 2 saturated heterocycles. The van der Waals surface area contributed by atoms with Crippen LogP contribution in [0.25, 0.3) is 11.1 Å². The van der Waals surface area contributed by atoms with Crippen LogP contribution in [0.3, 0.4) is 0 Å². The van der Waals surface area contributed by atoms with E-state index in [4.69, 9.17) is 9.47 Å². The molecule has 0 unspecified atom stereocenters. The molecule has 5 rings (SSSR count). The van der Waals surface area contributed by atoms with Crippen LogP contribution in [0.1, 0.15) is 71.2 Å². The number of carbonyl (C=O) groups is 2. The molecule has 3 aromatic rings. The lowest BCUT2D eigenvalue weighted by Crippen LogP contribution is -2.41. The lowest BCUT2D eigenvalue weighted by Gasteiger charge is -2.38. The molecular weight excluding hydrogens is 661 g/mol. The van der Waals surface area contributed by atoms with Crippen molar-refractivity contribution < 1.29 is 63.3 Å². The molecule has 6 nitrogen and oxygen atoms in total. The fourth-order valence-electron chi connectivity index (χ4n) is 6.31. The van der Waals surface area contributed by atoms with Crippen molar-refractivity contribution in [2.24, 2.45) is 0 Å². The largest absolute Gasteiger partial charge is 0.496 e. The topological polar surface area (TPSA) is 65.1 Å². The fraction of sp³-hybridized carbons (Fsp3) is 0.394. The van der Waals surface area contributed by atoms with Crippen molar-refractivity contribution in [2.75, 3.05) is 14.2 Å². The highest BCUT2D eigenvalue weighted by Crippen LogP contribution is 2.50. The van der Waals surface area contributed by atoms with Gasteiger partial charge in [0.15, 0.2) is 0 Å². The van der Waals surface area contributed by atoms with Gasteiger partial charge < -0.3 is 14.2 Å². The van der Waals surface area contributed by atoms with Crippen molar-refractivity contribution in [1.29, 1.82) is 0 Å². The zero-order valence-corrected chi connectivity index (χ0v) is 25.4. The standard InChI is InChI=1S/C33H28F9NO5/c1-46-27-10-6-17(7-11-28(44)47-2)12-24(27)22-9-8-19(31(34,35)36)16-23(22)25-4-3-5-26-29(48-30(45)43(25)26)18-13-20(32(37,38)39)15-21(14-18)33(40,41)42/h6,8-10,12-16,25-26,29H,3-5,7,11H2,1-2H3/t25-,26-,29+/m0/s1. The van der Waals surface area contributed by atoms with Crippen LogP contribution in [0.2, 0.25) is 0 Å². The van der Waals surface area contributed by atoms with Crippen LogP contribution in [0.15, 0.2) is 54.6 Å². The van der Waals surface area contributed by atoms with Crippen LogP contribution in [0.4, 0.5) is 44.3 Å². The summed E-state index contributed by atoms with van der Waals surface area (Å²) in [5, 5.41) is 0. The molecule has 15 heteroatoms. The van der Waals surface area contributed by atoms with Gasteiger partial charge in [-0.2, -0.15) is 39.5 Å². The summed E-state index contributed by atoms with van der Waals surface area (Å²) < 4.78 is 140. The molecule has 3 atom stereocenters. The van der Waals surface area contributed by atoms with Crippen molar-refractivity contribution in [3.63, 3.8) is 0 Å². The molecule has 3 aromatic carbocycles. The van der Waals surface area contributed by atoms with Crippen molar-refractivity contribution in [1.82, 2.24) is 4.90 Å². The van der Waals surface area contributed by atoms with Crippen LogP contribution in [-0.4, -0.2) is 37.2 Å². The van der Waals surface area contributed by atoms with E-state index in [2.05, 4.69) is 4.74 Å². The smallest absolute Gasteiger partial charge is 0.416 e. The Morgan fingerprint density at radius 1 is 0.812 bits per heavy atom. The van der Waals surface area contributed by atoms with Gasteiger partial charge in [-0.05, 0) is 90.4 Å². The second-order valence-corrected chi connectivity index (χ2v) is 11.5. The zero-order valence-electron chi connectivity index (χ0n) is 25.4. The first-order valence-electron chi connectivity index (χ1n) is 14.7. The number of rotatable bonds is 7. The average molecular weight is 690 g/mol. The monoisotopic (exact) mass is 689 g/mol. The molecule has 0 aromatic heterocycles. The molecule has 48 heavy (non-hydrogen) atoms. The molecule has 0 N–H and O–H groups in total. The van der Waals surface area contributed by atoms with E-state index in [9.17, 15) is 49.1 Å². The second-order valence-electron chi connectivity index (χ2n) is 11.5. The minimum Gasteiger partial charge on any atom is -0.496 e. The molecule has 0 aliphatic carbocycles. The van der Waals surface area contributed by atoms with Gasteiger partial charge in [0.1, 0.15) is 11.9 Å². The summed E-state index contributed by atoms with van der Waals surface area (Å²) in [6.07, 6.45) is -17.0. The molecule has 0 radical (unpaired) electrons. The Labute approximate surface area is 268 Å². The third kappa shape index (κ3) is 7.04. The zero-order chi connectivity index (χ0) is 35.2. The molecule has 2 fully saturated rings. The number of methoxy groups -OCH3 is 2. The maximum atomic E-state index is 14.0. The van der Waals surface area contributed by atoms with Gasteiger partial charge in [0, 0.05) is 12.0 Å². The Kier molecular flexibility index (Phi) is 9.36. The van der Waals surface area contributed by atoms with Crippen LogP contribution >= 0.6 is 0 Å². The Hall–Kier alpha value is -4.43. The summed E-state index contributed by atoms with van der Waals surface area (Å²) in [7, 11) is 2.57. The number of carbonyl (C=O) groups excluding carboxylic acids is 2. The lowest BCUT2D eigenvalue weighted by molar-refractivity contribution is -0.143. The highest BCUT2D eigenvalue weighted by molar-refractivity contribution is 5.78. The molecular formula is C33H28F9NO5. The van der Waals surface area contributed by atoms with Crippen LogP contribution in [-0.2, 0) is 39.2 Å². The van der Waals surface area contributed by atoms with Gasteiger partial charge in [-0.3, -0.25) is 9.69 Å². The van der Waals surface area contributed by atoms with Crippen molar-refractivity contribution in [2.45, 2.75) is 68.8 Å². The van der Waals surface area contributed by atoms with Crippen molar-refractivity contribution in [3.8, 4) is 16.9 Å². The van der Waals surface area contributed by atoms with E-state index in [-0.39, 0.29) is 55.0 Å². The van der Waals surface area contributed by atoms with E-state index in [0.29, 0.717) is 23.3 Å². The van der Waals surface area contributed by atoms with Gasteiger partial charge in [0.2, 0.25) is 0 Å². The lowest BCUT2D eigenvalue weighted by atomic mass is 9.83. The molecule has 258 valence electrons. The molecule has 2 aliphatic rings. The van der Waals surface area contributed by atoms with E-state index in [1.54, 1.807) is 18.2 Å². The summed E-state index contributed by atoms with van der Waals surface area (Å²) >= 11 is 0. The Morgan fingerprint density at radius 2 is 1.46 bits per heavy atom. The molecule has 1 amide bonds. The number of esters is 1. The number of alkyl halides is 9. The number of nitrogens with zero attached hydrogens (tertiary/aromatic N) is 1. The summed E-state index contributed by atoms with van der Waals surface area (Å²) in [6, 6.07) is 6.54. The Morgan fingerprint density at radius 3 is 2.04 bits per heavy atom. The van der Waals surface area contributed by atoms with Crippen LogP contribution in [0, 0.1) is 0 Å². The van der Waals surface area contributed by atoms with Crippen LogP contribution in [0.5, 0.6) is 5.75 Å². The minimum atomic E-state index is -5.15. The second kappa shape index (κ2) is 12.9. The average Bonchev–Trinajstić information content (AvgIpc) is 3.38. The fourth-order valence-corrected chi connectivity index (χ4v) is 6.31. The highest BCUT2D eigenvalue weighted by atomic mass is 19.4. The molecule has 0 saturated carbocycles. The van der Waals surface area contributed by atoms with Crippen LogP contribution < -0.4 is 4.74 Å². The first-order chi connectivity index (χ1) is 22.4. The van der Waals surface area contributed by atoms with Gasteiger partial charge in [-0.25, -0.2) is 4.79 Å². The van der Waals surface area contributed by atoms with Gasteiger partial charge >= 0.3 is 30.6 Å². The first kappa shape index (κ1) is 34.9. The predicted molar refractivity (Wildman–Crippen MR) is 152 cm³/mol. The number of cyclic esters (lactones) is 1. The van der Waals surface area contributed by atoms with E-state index in [1.165, 1.54) is 20.3 Å². The number of fused-ring (bicyclic) bond motifs is 1. The van der Waals surface area contributed by atoms with Crippen molar-refractivity contribution >= 4 is 12.1 Å². The van der Waals surface area contributed by atoms with E-state index < -0.39 is 71.0 Å². The SMILES string of the molecule is COC(=O)CCc1ccc(OC)c(-c2ccc(C(F)(F)F)cc2[C@@H]2CCC[C@H]3[C@@H](c4cc(C(F)(F)F)cc(C(F)(F)F)c4)OC(=O)N23)c1. The summed E-state index contributed by atoms with van der Waals surface area (Å²) in [5.74, 6) is -0.225. The maximum Gasteiger partial charge on any atom is 0.416 e. The third-order valence-electron chi connectivity index (χ3n) is 8.53. The van der Waals surface area contributed by atoms with Gasteiger partial charge in [0.05, 0.1) is 43.0 Å². The number of hydrogen-bond acceptors (Lipinski definition) is 5. The van der Waals surface area contributed by atoms with Gasteiger partial charge in [0.25, 0.3) is 0 Å². The highest BCUT2D eigenvalue weighted by Gasteiger charge is 2.50. The Bertz CT molecular complexity index is 1670. The normalized spacial score (nSPS) is 19.9. The number of hydrogen-bond donors (Lipinski definition) is 0. The van der Waals surface area contributed by atoms with E-state index >= 15 is 0 Å². The van der Waals surface area contributed by atoms with Crippen molar-refractivity contribution in [3.05, 3.63) is 88.0 Å². The number of benzene rings is 3. The summed E-state index contributed by atoms with van der Waals surface area (Å²) in [5.41, 5.74) is -3.54. The molecule has 2 heterocycles. The summed E-state index contributed by atoms with van der Waals surface area (Å²) in [6.45, 7) is 0. The number of aryl methyl sites for hydroxylation is 1. The van der Waals surface area contributed by atoms with E-state index in [0.717, 1.165) is 17.0 Å². The minimum absolute atomic E-state index is 0.0129. The van der Waals surface area contributed by atoms with Gasteiger partial charge in [-0.15, -0.1) is 0 Å². The predicted octanol–water partition coefficient (Wildman–Crippen LogP) is 9.31. The Balaban J connectivity index is 1.62. The number of ether oxygens (including phenoxy) is 3. The number of amides is 1. The van der Waals surface area contributed by atoms with Gasteiger partial charge in [-0.1, -0.05) is 12.1 Å². The molecule has 0 spiro atoms.